The smallest absolute Gasteiger partial charge is 0.0997 e. The van der Waals surface area contributed by atoms with Crippen LogP contribution in [0, 0.1) is 11.8 Å². The fourth-order valence-electron chi connectivity index (χ4n) is 0.917. The molecule has 0 aromatic heterocycles. The molecule has 0 radical (unpaired) electrons. The molecule has 1 nitrogen and oxygen atoms in total. The van der Waals surface area contributed by atoms with Crippen molar-refractivity contribution in [2.75, 3.05) is 6.54 Å². The van der Waals surface area contributed by atoms with Crippen molar-refractivity contribution in [3.63, 3.8) is 0 Å². The minimum atomic E-state index is 0.600. The maximum Gasteiger partial charge on any atom is 0.0997 e. The molecule has 13 heavy (non-hydrogen) atoms. The van der Waals surface area contributed by atoms with Crippen LogP contribution in [0.15, 0.2) is 35.3 Å². The Bertz CT molecular complexity index is 314. The molecule has 0 bridgehead atoms. The highest BCUT2D eigenvalue weighted by molar-refractivity contribution is 5.79. The Morgan fingerprint density at radius 1 is 1.23 bits per heavy atom. The topological polar surface area (TPSA) is 12.4 Å². The number of hydrogen-bond acceptors (Lipinski definition) is 1. The Balaban J connectivity index is 2.41. The lowest BCUT2D eigenvalue weighted by Crippen LogP contribution is -1.80. The predicted molar refractivity (Wildman–Crippen MR) is 57.0 cm³/mol. The van der Waals surface area contributed by atoms with Crippen molar-refractivity contribution < 1.29 is 0 Å². The molecule has 1 aromatic carbocycles. The van der Waals surface area contributed by atoms with Gasteiger partial charge in [0.25, 0.3) is 0 Å². The van der Waals surface area contributed by atoms with Crippen molar-refractivity contribution in [2.24, 2.45) is 4.99 Å². The monoisotopic (exact) mass is 171 g/mol. The lowest BCUT2D eigenvalue weighted by Gasteiger charge is -1.88. The Hall–Kier alpha value is -1.55. The number of benzene rings is 1. The maximum atomic E-state index is 4.18. The zero-order valence-electron chi connectivity index (χ0n) is 7.83. The van der Waals surface area contributed by atoms with E-state index in [1.165, 1.54) is 0 Å². The largest absolute Gasteiger partial charge is 0.280 e. The average molecular weight is 171 g/mol. The number of rotatable bonds is 2. The van der Waals surface area contributed by atoms with Gasteiger partial charge in [-0.1, -0.05) is 43.2 Å². The first-order valence-corrected chi connectivity index (χ1v) is 4.44. The van der Waals surface area contributed by atoms with Crippen LogP contribution in [-0.2, 0) is 0 Å². The standard InChI is InChI=1S/C12H13N/c1-2-3-7-10-13-11-12-8-5-4-6-9-12/h4-6,8-9,11H,2,10H2,1H3. The van der Waals surface area contributed by atoms with Crippen LogP contribution in [0.2, 0.25) is 0 Å². The van der Waals surface area contributed by atoms with Crippen LogP contribution in [0.5, 0.6) is 0 Å². The summed E-state index contributed by atoms with van der Waals surface area (Å²) in [4.78, 5) is 4.18. The van der Waals surface area contributed by atoms with Crippen molar-refractivity contribution in [1.29, 1.82) is 0 Å². The highest BCUT2D eigenvalue weighted by Gasteiger charge is 1.80. The summed E-state index contributed by atoms with van der Waals surface area (Å²) in [5.41, 5.74) is 1.13. The number of nitrogens with zero attached hydrogens (tertiary/aromatic N) is 1. The summed E-state index contributed by atoms with van der Waals surface area (Å²) in [6.45, 7) is 2.64. The van der Waals surface area contributed by atoms with E-state index in [0.717, 1.165) is 12.0 Å². The van der Waals surface area contributed by atoms with Crippen LogP contribution < -0.4 is 0 Å². The summed E-state index contributed by atoms with van der Waals surface area (Å²) in [5, 5.41) is 0. The van der Waals surface area contributed by atoms with Gasteiger partial charge in [-0.15, -0.1) is 5.92 Å². The first kappa shape index (κ1) is 9.54. The second-order valence-corrected chi connectivity index (χ2v) is 2.59. The van der Waals surface area contributed by atoms with E-state index < -0.39 is 0 Å². The van der Waals surface area contributed by atoms with Crippen molar-refractivity contribution in [1.82, 2.24) is 0 Å². The molecule has 0 unspecified atom stereocenters. The van der Waals surface area contributed by atoms with E-state index in [1.54, 1.807) is 0 Å². The van der Waals surface area contributed by atoms with Crippen molar-refractivity contribution in [3.8, 4) is 11.8 Å². The summed E-state index contributed by atoms with van der Waals surface area (Å²) in [6, 6.07) is 10.0. The van der Waals surface area contributed by atoms with Gasteiger partial charge in [-0.05, 0) is 5.56 Å². The first-order valence-electron chi connectivity index (χ1n) is 4.44. The third-order valence-electron chi connectivity index (χ3n) is 1.51. The molecule has 0 aliphatic heterocycles. The van der Waals surface area contributed by atoms with Gasteiger partial charge in [0.05, 0.1) is 6.54 Å². The fraction of sp³-hybridized carbons (Fsp3) is 0.250. The molecule has 0 heterocycles. The molecule has 0 fully saturated rings. The molecule has 0 atom stereocenters. The van der Waals surface area contributed by atoms with Crippen molar-refractivity contribution in [3.05, 3.63) is 35.9 Å². The molecule has 1 aromatic rings. The van der Waals surface area contributed by atoms with Gasteiger partial charge in [-0.25, -0.2) is 0 Å². The van der Waals surface area contributed by atoms with Gasteiger partial charge in [0, 0.05) is 12.6 Å². The third-order valence-corrected chi connectivity index (χ3v) is 1.51. The van der Waals surface area contributed by atoms with Crippen LogP contribution in [0.3, 0.4) is 0 Å². The number of aliphatic imine (C=N–C) groups is 1. The minimum absolute atomic E-state index is 0.600. The molecule has 1 heteroatoms. The molecule has 0 N–H and O–H groups in total. The zero-order chi connectivity index (χ0) is 9.36. The normalized spacial score (nSPS) is 9.62. The Labute approximate surface area is 79.5 Å². The third kappa shape index (κ3) is 4.12. The lowest BCUT2D eigenvalue weighted by atomic mass is 10.2. The molecule has 0 saturated carbocycles. The molecular formula is C12H13N. The van der Waals surface area contributed by atoms with Crippen LogP contribution in [0.1, 0.15) is 18.9 Å². The van der Waals surface area contributed by atoms with Crippen LogP contribution >= 0.6 is 0 Å². The Morgan fingerprint density at radius 3 is 2.69 bits per heavy atom. The van der Waals surface area contributed by atoms with Gasteiger partial charge in [0.1, 0.15) is 0 Å². The van der Waals surface area contributed by atoms with E-state index in [1.807, 2.05) is 43.5 Å². The van der Waals surface area contributed by atoms with Crippen molar-refractivity contribution >= 4 is 6.21 Å². The van der Waals surface area contributed by atoms with Gasteiger partial charge in [0.2, 0.25) is 0 Å². The molecule has 0 saturated heterocycles. The van der Waals surface area contributed by atoms with Gasteiger partial charge in [-0.3, -0.25) is 4.99 Å². The van der Waals surface area contributed by atoms with Gasteiger partial charge >= 0.3 is 0 Å². The van der Waals surface area contributed by atoms with E-state index in [0.29, 0.717) is 6.54 Å². The van der Waals surface area contributed by atoms with E-state index in [9.17, 15) is 0 Å². The van der Waals surface area contributed by atoms with Crippen LogP contribution in [0.25, 0.3) is 0 Å². The maximum absolute atomic E-state index is 4.18. The zero-order valence-corrected chi connectivity index (χ0v) is 7.83. The molecular weight excluding hydrogens is 158 g/mol. The van der Waals surface area contributed by atoms with Crippen molar-refractivity contribution in [2.45, 2.75) is 13.3 Å². The van der Waals surface area contributed by atoms with Crippen LogP contribution in [0.4, 0.5) is 0 Å². The highest BCUT2D eigenvalue weighted by Crippen LogP contribution is 1.93. The average Bonchev–Trinajstić information content (AvgIpc) is 2.19. The first-order chi connectivity index (χ1) is 6.43. The second kappa shape index (κ2) is 6.02. The summed E-state index contributed by atoms with van der Waals surface area (Å²) in [5.74, 6) is 5.93. The van der Waals surface area contributed by atoms with Crippen LogP contribution in [-0.4, -0.2) is 12.8 Å². The van der Waals surface area contributed by atoms with E-state index in [2.05, 4.69) is 16.8 Å². The van der Waals surface area contributed by atoms with E-state index >= 15 is 0 Å². The predicted octanol–water partition coefficient (Wildman–Crippen LogP) is 2.52. The summed E-state index contributed by atoms with van der Waals surface area (Å²) in [7, 11) is 0. The quantitative estimate of drug-likeness (QED) is 0.479. The fourth-order valence-corrected chi connectivity index (χ4v) is 0.917. The van der Waals surface area contributed by atoms with E-state index in [-0.39, 0.29) is 0 Å². The molecule has 1 rings (SSSR count). The SMILES string of the molecule is CCC#CCN=Cc1ccccc1. The van der Waals surface area contributed by atoms with Gasteiger partial charge < -0.3 is 0 Å². The lowest BCUT2D eigenvalue weighted by molar-refractivity contribution is 1.25. The highest BCUT2D eigenvalue weighted by atomic mass is 14.7. The second-order valence-electron chi connectivity index (χ2n) is 2.59. The molecule has 0 aliphatic carbocycles. The number of hydrogen-bond donors (Lipinski definition) is 0. The molecule has 0 spiro atoms. The summed E-state index contributed by atoms with van der Waals surface area (Å²) >= 11 is 0. The summed E-state index contributed by atoms with van der Waals surface area (Å²) < 4.78 is 0. The molecule has 0 aliphatic rings. The van der Waals surface area contributed by atoms with Gasteiger partial charge in [0.15, 0.2) is 0 Å². The Kier molecular flexibility index (Phi) is 4.42. The van der Waals surface area contributed by atoms with E-state index in [4.69, 9.17) is 0 Å². The van der Waals surface area contributed by atoms with Gasteiger partial charge in [-0.2, -0.15) is 0 Å². The molecule has 66 valence electrons. The Morgan fingerprint density at radius 2 is 2.00 bits per heavy atom. The molecule has 0 amide bonds. The minimum Gasteiger partial charge on any atom is -0.280 e. The summed E-state index contributed by atoms with van der Waals surface area (Å²) in [6.07, 6.45) is 2.76.